The molecule has 0 aromatic carbocycles. The molecule has 0 aromatic heterocycles. The third-order valence-electron chi connectivity index (χ3n) is 2.39. The molecule has 0 radical (unpaired) electrons. The average Bonchev–Trinajstić information content (AvgIpc) is 2.07. The van der Waals surface area contributed by atoms with E-state index in [1.54, 1.807) is 4.90 Å². The van der Waals surface area contributed by atoms with Gasteiger partial charge in [-0.2, -0.15) is 0 Å². The lowest BCUT2D eigenvalue weighted by atomic mass is 10.2. The summed E-state index contributed by atoms with van der Waals surface area (Å²) in [6.45, 7) is 4.24. The van der Waals surface area contributed by atoms with Gasteiger partial charge in [0.1, 0.15) is 0 Å². The second-order valence-electron chi connectivity index (χ2n) is 3.20. The van der Waals surface area contributed by atoms with Crippen molar-refractivity contribution in [1.82, 2.24) is 9.80 Å². The number of likely N-dealkylation sites (N-methyl/N-ethyl adjacent to an activating group) is 1. The van der Waals surface area contributed by atoms with Gasteiger partial charge in [-0.05, 0) is 6.92 Å². The van der Waals surface area contributed by atoms with Gasteiger partial charge in [0.25, 0.3) is 0 Å². The molecule has 1 aliphatic rings. The highest BCUT2D eigenvalue weighted by atomic mass is 16.3. The van der Waals surface area contributed by atoms with E-state index >= 15 is 0 Å². The maximum atomic E-state index is 11.4. The molecule has 0 spiro atoms. The number of β-amino-alcohol motifs (C(OH)–C–C–N with tert-alkyl or cyclic N) is 1. The summed E-state index contributed by atoms with van der Waals surface area (Å²) in [6.07, 6.45) is 0. The van der Waals surface area contributed by atoms with E-state index in [1.165, 1.54) is 0 Å². The Bertz CT molecular complexity index is 172. The van der Waals surface area contributed by atoms with E-state index in [0.717, 1.165) is 13.1 Å². The van der Waals surface area contributed by atoms with Crippen LogP contribution in [0.25, 0.3) is 0 Å². The fourth-order valence-corrected chi connectivity index (χ4v) is 1.49. The molecule has 0 aromatic rings. The van der Waals surface area contributed by atoms with Crippen LogP contribution in [0.1, 0.15) is 6.92 Å². The van der Waals surface area contributed by atoms with Crippen molar-refractivity contribution in [3.05, 3.63) is 0 Å². The van der Waals surface area contributed by atoms with Gasteiger partial charge in [0.2, 0.25) is 5.91 Å². The minimum absolute atomic E-state index is 0.0732. The normalized spacial score (nSPS) is 26.4. The first-order chi connectivity index (χ1) is 5.66. The molecule has 12 heavy (non-hydrogen) atoms. The number of aliphatic hydroxyl groups excluding tert-OH is 1. The van der Waals surface area contributed by atoms with Gasteiger partial charge < -0.3 is 10.0 Å². The second kappa shape index (κ2) is 3.87. The zero-order valence-electron chi connectivity index (χ0n) is 7.66. The molecular weight excluding hydrogens is 156 g/mol. The lowest BCUT2D eigenvalue weighted by Gasteiger charge is -2.36. The zero-order valence-corrected chi connectivity index (χ0v) is 7.66. The van der Waals surface area contributed by atoms with Crippen LogP contribution in [-0.4, -0.2) is 60.1 Å². The standard InChI is InChI=1S/C8H16N2O2/c1-7-8(12)9(2)3-4-10(7)5-6-11/h7,11H,3-6H2,1-2H3. The highest BCUT2D eigenvalue weighted by Crippen LogP contribution is 2.08. The van der Waals surface area contributed by atoms with Crippen molar-refractivity contribution in [2.24, 2.45) is 0 Å². The van der Waals surface area contributed by atoms with Crippen LogP contribution in [0, 0.1) is 0 Å². The Morgan fingerprint density at radius 3 is 2.83 bits per heavy atom. The highest BCUT2D eigenvalue weighted by molar-refractivity contribution is 5.81. The minimum Gasteiger partial charge on any atom is -0.395 e. The fraction of sp³-hybridized carbons (Fsp3) is 0.875. The number of carbonyl (C=O) groups is 1. The number of carbonyl (C=O) groups excluding carboxylic acids is 1. The van der Waals surface area contributed by atoms with Crippen molar-refractivity contribution in [3.63, 3.8) is 0 Å². The molecule has 1 heterocycles. The van der Waals surface area contributed by atoms with E-state index in [0.29, 0.717) is 6.54 Å². The molecular formula is C8H16N2O2. The Morgan fingerprint density at radius 1 is 1.58 bits per heavy atom. The van der Waals surface area contributed by atoms with Crippen LogP contribution in [0.15, 0.2) is 0 Å². The number of hydrogen-bond acceptors (Lipinski definition) is 3. The van der Waals surface area contributed by atoms with Crippen LogP contribution in [0.5, 0.6) is 0 Å². The Morgan fingerprint density at radius 2 is 2.25 bits per heavy atom. The van der Waals surface area contributed by atoms with E-state index < -0.39 is 0 Å². The van der Waals surface area contributed by atoms with Gasteiger partial charge in [0, 0.05) is 26.7 Å². The molecule has 0 bridgehead atoms. The predicted octanol–water partition coefficient (Wildman–Crippen LogP) is -0.859. The topological polar surface area (TPSA) is 43.8 Å². The summed E-state index contributed by atoms with van der Waals surface area (Å²) in [5.41, 5.74) is 0. The highest BCUT2D eigenvalue weighted by Gasteiger charge is 2.28. The Labute approximate surface area is 72.8 Å². The fourth-order valence-electron chi connectivity index (χ4n) is 1.49. The summed E-state index contributed by atoms with van der Waals surface area (Å²) >= 11 is 0. The smallest absolute Gasteiger partial charge is 0.239 e. The molecule has 1 N–H and O–H groups in total. The molecule has 0 saturated carbocycles. The maximum Gasteiger partial charge on any atom is 0.239 e. The summed E-state index contributed by atoms with van der Waals surface area (Å²) in [5.74, 6) is 0.148. The van der Waals surface area contributed by atoms with Crippen molar-refractivity contribution >= 4 is 5.91 Å². The molecule has 70 valence electrons. The number of amides is 1. The van der Waals surface area contributed by atoms with Crippen molar-refractivity contribution in [3.8, 4) is 0 Å². The van der Waals surface area contributed by atoms with E-state index in [-0.39, 0.29) is 18.6 Å². The van der Waals surface area contributed by atoms with Crippen LogP contribution in [0.2, 0.25) is 0 Å². The number of piperazine rings is 1. The summed E-state index contributed by atoms with van der Waals surface area (Å²) in [5, 5.41) is 8.72. The maximum absolute atomic E-state index is 11.4. The van der Waals surface area contributed by atoms with Crippen LogP contribution in [0.4, 0.5) is 0 Å². The monoisotopic (exact) mass is 172 g/mol. The van der Waals surface area contributed by atoms with Gasteiger partial charge >= 0.3 is 0 Å². The number of aliphatic hydroxyl groups is 1. The molecule has 1 amide bonds. The zero-order chi connectivity index (χ0) is 9.14. The Kier molecular flexibility index (Phi) is 3.05. The molecule has 1 rings (SSSR count). The molecule has 0 aliphatic carbocycles. The van der Waals surface area contributed by atoms with Crippen LogP contribution >= 0.6 is 0 Å². The molecule has 4 heteroatoms. The summed E-state index contributed by atoms with van der Waals surface area (Å²) in [7, 11) is 1.81. The van der Waals surface area contributed by atoms with Crippen LogP contribution < -0.4 is 0 Å². The average molecular weight is 172 g/mol. The quantitative estimate of drug-likeness (QED) is 0.589. The summed E-state index contributed by atoms with van der Waals surface area (Å²) < 4.78 is 0. The van der Waals surface area contributed by atoms with Crippen molar-refractivity contribution < 1.29 is 9.90 Å². The van der Waals surface area contributed by atoms with Gasteiger partial charge in [-0.25, -0.2) is 0 Å². The van der Waals surface area contributed by atoms with E-state index in [9.17, 15) is 4.79 Å². The Balaban J connectivity index is 2.52. The number of nitrogens with zero attached hydrogens (tertiary/aromatic N) is 2. The van der Waals surface area contributed by atoms with Crippen molar-refractivity contribution in [2.75, 3.05) is 33.3 Å². The first-order valence-corrected chi connectivity index (χ1v) is 4.26. The lowest BCUT2D eigenvalue weighted by Crippen LogP contribution is -2.54. The first-order valence-electron chi connectivity index (χ1n) is 4.26. The Hall–Kier alpha value is -0.610. The number of rotatable bonds is 2. The summed E-state index contributed by atoms with van der Waals surface area (Å²) in [4.78, 5) is 15.1. The lowest BCUT2D eigenvalue weighted by molar-refractivity contribution is -0.139. The van der Waals surface area contributed by atoms with Gasteiger partial charge in [-0.1, -0.05) is 0 Å². The molecule has 1 fully saturated rings. The SMILES string of the molecule is CC1C(=O)N(C)CCN1CCO. The molecule has 4 nitrogen and oxygen atoms in total. The molecule has 1 unspecified atom stereocenters. The van der Waals surface area contributed by atoms with E-state index in [2.05, 4.69) is 0 Å². The van der Waals surface area contributed by atoms with E-state index in [1.807, 2.05) is 18.9 Å². The van der Waals surface area contributed by atoms with E-state index in [4.69, 9.17) is 5.11 Å². The van der Waals surface area contributed by atoms with Crippen LogP contribution in [-0.2, 0) is 4.79 Å². The van der Waals surface area contributed by atoms with Gasteiger partial charge in [0.15, 0.2) is 0 Å². The third kappa shape index (κ3) is 1.76. The molecule has 1 atom stereocenters. The van der Waals surface area contributed by atoms with Gasteiger partial charge in [-0.3, -0.25) is 9.69 Å². The van der Waals surface area contributed by atoms with Crippen molar-refractivity contribution in [2.45, 2.75) is 13.0 Å². The number of hydrogen-bond donors (Lipinski definition) is 1. The minimum atomic E-state index is -0.0732. The van der Waals surface area contributed by atoms with Crippen LogP contribution in [0.3, 0.4) is 0 Å². The first kappa shape index (κ1) is 9.48. The molecule has 1 aliphatic heterocycles. The largest absolute Gasteiger partial charge is 0.395 e. The van der Waals surface area contributed by atoms with Gasteiger partial charge in [-0.15, -0.1) is 0 Å². The third-order valence-corrected chi connectivity index (χ3v) is 2.39. The van der Waals surface area contributed by atoms with Crippen molar-refractivity contribution in [1.29, 1.82) is 0 Å². The predicted molar refractivity (Wildman–Crippen MR) is 45.8 cm³/mol. The molecule has 1 saturated heterocycles. The second-order valence-corrected chi connectivity index (χ2v) is 3.20. The van der Waals surface area contributed by atoms with Gasteiger partial charge in [0.05, 0.1) is 12.6 Å². The summed E-state index contributed by atoms with van der Waals surface area (Å²) in [6, 6.07) is -0.0732.